The van der Waals surface area contributed by atoms with Crippen molar-refractivity contribution in [1.82, 2.24) is 10.2 Å². The number of likely N-dealkylation sites (tertiary alicyclic amines) is 1. The molecule has 0 saturated carbocycles. The zero-order valence-electron chi connectivity index (χ0n) is 17.5. The number of benzene rings is 2. The van der Waals surface area contributed by atoms with E-state index in [-0.39, 0.29) is 18.7 Å². The Bertz CT molecular complexity index is 840. The molecule has 0 radical (unpaired) electrons. The van der Waals surface area contributed by atoms with Crippen molar-refractivity contribution in [1.29, 1.82) is 0 Å². The molecule has 7 heteroatoms. The second-order valence-electron chi connectivity index (χ2n) is 7.34. The van der Waals surface area contributed by atoms with Gasteiger partial charge in [0.05, 0.1) is 14.2 Å². The summed E-state index contributed by atoms with van der Waals surface area (Å²) in [5.41, 5.74) is 1.94. The Balaban J connectivity index is 1.66. The molecular formula is C23H28N2O5. The predicted molar refractivity (Wildman–Crippen MR) is 112 cm³/mol. The van der Waals surface area contributed by atoms with Crippen LogP contribution >= 0.6 is 0 Å². The zero-order valence-corrected chi connectivity index (χ0v) is 17.5. The van der Waals surface area contributed by atoms with Crippen LogP contribution in [-0.2, 0) is 27.4 Å². The molecule has 2 aromatic carbocycles. The number of ether oxygens (including phenoxy) is 3. The summed E-state index contributed by atoms with van der Waals surface area (Å²) in [6.07, 6.45) is 0.103. The summed E-state index contributed by atoms with van der Waals surface area (Å²) in [4.78, 5) is 26.8. The first-order chi connectivity index (χ1) is 14.5. The third-order valence-corrected chi connectivity index (χ3v) is 5.34. The van der Waals surface area contributed by atoms with Gasteiger partial charge in [-0.05, 0) is 36.6 Å². The van der Waals surface area contributed by atoms with Crippen molar-refractivity contribution in [3.05, 3.63) is 65.7 Å². The third kappa shape index (κ3) is 5.10. The van der Waals surface area contributed by atoms with Crippen molar-refractivity contribution < 1.29 is 23.8 Å². The van der Waals surface area contributed by atoms with E-state index in [4.69, 9.17) is 14.2 Å². The number of hydrogen-bond acceptors (Lipinski definition) is 6. The van der Waals surface area contributed by atoms with Crippen LogP contribution in [0.1, 0.15) is 24.5 Å². The largest absolute Gasteiger partial charge is 0.497 e. The summed E-state index contributed by atoms with van der Waals surface area (Å²) in [6, 6.07) is 16.0. The van der Waals surface area contributed by atoms with Gasteiger partial charge in [-0.15, -0.1) is 0 Å². The van der Waals surface area contributed by atoms with Gasteiger partial charge in [-0.1, -0.05) is 42.5 Å². The van der Waals surface area contributed by atoms with Crippen LogP contribution in [0.15, 0.2) is 54.6 Å². The van der Waals surface area contributed by atoms with Crippen molar-refractivity contribution in [3.63, 3.8) is 0 Å². The van der Waals surface area contributed by atoms with Crippen LogP contribution in [0.25, 0.3) is 0 Å². The maximum atomic E-state index is 12.8. The molecule has 0 aromatic heterocycles. The van der Waals surface area contributed by atoms with Gasteiger partial charge in [0.1, 0.15) is 18.4 Å². The average molecular weight is 412 g/mol. The number of rotatable bonds is 7. The van der Waals surface area contributed by atoms with Crippen LogP contribution < -0.4 is 10.1 Å². The lowest BCUT2D eigenvalue weighted by Gasteiger charge is -2.28. The van der Waals surface area contributed by atoms with Gasteiger partial charge in [0.25, 0.3) is 0 Å². The van der Waals surface area contributed by atoms with E-state index in [9.17, 15) is 9.59 Å². The molecule has 1 aliphatic rings. The van der Waals surface area contributed by atoms with E-state index in [0.29, 0.717) is 13.0 Å². The normalized spacial score (nSPS) is 20.6. The first-order valence-corrected chi connectivity index (χ1v) is 9.96. The van der Waals surface area contributed by atoms with Gasteiger partial charge in [0, 0.05) is 18.6 Å². The molecule has 0 spiro atoms. The first-order valence-electron chi connectivity index (χ1n) is 9.96. The quantitative estimate of drug-likeness (QED) is 0.704. The maximum absolute atomic E-state index is 12.8. The smallest absolute Gasteiger partial charge is 0.411 e. The monoisotopic (exact) mass is 412 g/mol. The fourth-order valence-corrected chi connectivity index (χ4v) is 3.75. The van der Waals surface area contributed by atoms with E-state index in [1.807, 2.05) is 61.5 Å². The predicted octanol–water partition coefficient (Wildman–Crippen LogP) is 3.13. The van der Waals surface area contributed by atoms with Crippen LogP contribution in [0.2, 0.25) is 0 Å². The van der Waals surface area contributed by atoms with Gasteiger partial charge < -0.3 is 19.5 Å². The highest BCUT2D eigenvalue weighted by Gasteiger charge is 2.47. The molecule has 3 rings (SSSR count). The molecule has 160 valence electrons. The molecule has 3 atom stereocenters. The number of methoxy groups -OCH3 is 2. The average Bonchev–Trinajstić information content (AvgIpc) is 3.12. The lowest BCUT2D eigenvalue weighted by Crippen LogP contribution is -2.51. The Morgan fingerprint density at radius 2 is 1.73 bits per heavy atom. The minimum absolute atomic E-state index is 0.154. The van der Waals surface area contributed by atoms with E-state index in [0.717, 1.165) is 16.9 Å². The minimum Gasteiger partial charge on any atom is -0.497 e. The summed E-state index contributed by atoms with van der Waals surface area (Å²) in [7, 11) is 2.96. The molecule has 30 heavy (non-hydrogen) atoms. The second-order valence-corrected chi connectivity index (χ2v) is 7.34. The second kappa shape index (κ2) is 10.1. The number of amides is 1. The molecule has 2 unspecified atom stereocenters. The number of nitrogens with one attached hydrogen (secondary N) is 1. The van der Waals surface area contributed by atoms with Crippen LogP contribution in [0.4, 0.5) is 4.79 Å². The summed E-state index contributed by atoms with van der Waals surface area (Å²) in [5, 5.41) is 3.40. The van der Waals surface area contributed by atoms with Crippen molar-refractivity contribution in [3.8, 4) is 5.75 Å². The van der Waals surface area contributed by atoms with Crippen molar-refractivity contribution in [2.75, 3.05) is 14.2 Å². The maximum Gasteiger partial charge on any atom is 0.411 e. The summed E-state index contributed by atoms with van der Waals surface area (Å²) >= 11 is 0. The van der Waals surface area contributed by atoms with Gasteiger partial charge in [-0.3, -0.25) is 4.90 Å². The molecule has 1 amide bonds. The van der Waals surface area contributed by atoms with Gasteiger partial charge in [-0.2, -0.15) is 0 Å². The van der Waals surface area contributed by atoms with Crippen molar-refractivity contribution in [2.45, 2.75) is 44.6 Å². The number of hydrogen-bond donors (Lipinski definition) is 1. The standard InChI is InChI=1S/C23H28N2O5/c1-16-13-20(24-14-17-9-11-19(28-2)12-10-17)21(22(26)29-3)25(16)23(27)30-15-18-7-5-4-6-8-18/h4-12,16,20-21,24H,13-15H2,1-3H3/t16-,20?,21?/m1/s1. The van der Waals surface area contributed by atoms with Gasteiger partial charge in [-0.25, -0.2) is 9.59 Å². The summed E-state index contributed by atoms with van der Waals surface area (Å²) in [5.74, 6) is 0.330. The third-order valence-electron chi connectivity index (χ3n) is 5.34. The fraction of sp³-hybridized carbons (Fsp3) is 0.391. The van der Waals surface area contributed by atoms with E-state index in [1.165, 1.54) is 12.0 Å². The molecule has 7 nitrogen and oxygen atoms in total. The molecule has 0 bridgehead atoms. The van der Waals surface area contributed by atoms with Crippen molar-refractivity contribution in [2.24, 2.45) is 0 Å². The molecule has 0 aliphatic carbocycles. The molecule has 2 aromatic rings. The number of carbonyl (C=O) groups is 2. The molecule has 1 fully saturated rings. The van der Waals surface area contributed by atoms with E-state index in [2.05, 4.69) is 5.32 Å². The minimum atomic E-state index is -0.744. The lowest BCUT2D eigenvalue weighted by molar-refractivity contribution is -0.146. The lowest BCUT2D eigenvalue weighted by atomic mass is 10.1. The first kappa shape index (κ1) is 21.6. The Hall–Kier alpha value is -3.06. The van der Waals surface area contributed by atoms with Crippen LogP contribution in [0, 0.1) is 0 Å². The number of nitrogens with zero attached hydrogens (tertiary/aromatic N) is 1. The van der Waals surface area contributed by atoms with E-state index >= 15 is 0 Å². The Labute approximate surface area is 176 Å². The topological polar surface area (TPSA) is 77.1 Å². The molecule has 1 aliphatic heterocycles. The highest BCUT2D eigenvalue weighted by molar-refractivity contribution is 5.83. The Morgan fingerprint density at radius 1 is 1.03 bits per heavy atom. The highest BCUT2D eigenvalue weighted by atomic mass is 16.6. The summed E-state index contributed by atoms with van der Waals surface area (Å²) < 4.78 is 15.7. The summed E-state index contributed by atoms with van der Waals surface area (Å²) in [6.45, 7) is 2.62. The zero-order chi connectivity index (χ0) is 21.5. The number of carbonyl (C=O) groups excluding carboxylic acids is 2. The number of esters is 1. The Morgan fingerprint density at radius 3 is 2.37 bits per heavy atom. The Kier molecular flexibility index (Phi) is 7.30. The SMILES string of the molecule is COC(=O)C1C(NCc2ccc(OC)cc2)C[C@@H](C)N1C(=O)OCc1ccccc1. The fourth-order valence-electron chi connectivity index (χ4n) is 3.75. The molecule has 1 N–H and O–H groups in total. The van der Waals surface area contributed by atoms with Gasteiger partial charge in [0.2, 0.25) is 0 Å². The molecule has 1 saturated heterocycles. The van der Waals surface area contributed by atoms with E-state index < -0.39 is 18.1 Å². The highest BCUT2D eigenvalue weighted by Crippen LogP contribution is 2.27. The van der Waals surface area contributed by atoms with Crippen molar-refractivity contribution >= 4 is 12.1 Å². The van der Waals surface area contributed by atoms with Gasteiger partial charge >= 0.3 is 12.1 Å². The molecule has 1 heterocycles. The van der Waals surface area contributed by atoms with Crippen LogP contribution in [0.3, 0.4) is 0 Å². The van der Waals surface area contributed by atoms with Crippen LogP contribution in [-0.4, -0.2) is 49.3 Å². The van der Waals surface area contributed by atoms with Crippen LogP contribution in [0.5, 0.6) is 5.75 Å². The van der Waals surface area contributed by atoms with Gasteiger partial charge in [0.15, 0.2) is 0 Å². The molecular weight excluding hydrogens is 384 g/mol. The van der Waals surface area contributed by atoms with E-state index in [1.54, 1.807) is 7.11 Å².